The fourth-order valence-electron chi connectivity index (χ4n) is 3.18. The smallest absolute Gasteiger partial charge is 0.258 e. The van der Waals surface area contributed by atoms with Crippen LogP contribution in [0.15, 0.2) is 24.3 Å². The fraction of sp³-hybridized carbons (Fsp3) is 0.500. The Morgan fingerprint density at radius 1 is 1.26 bits per heavy atom. The Bertz CT molecular complexity index is 702. The Morgan fingerprint density at radius 2 is 2.04 bits per heavy atom. The molecule has 1 heterocycles. The van der Waals surface area contributed by atoms with Gasteiger partial charge in [-0.05, 0) is 37.8 Å². The van der Waals surface area contributed by atoms with Crippen molar-refractivity contribution < 1.29 is 9.53 Å². The van der Waals surface area contributed by atoms with Crippen LogP contribution in [0.25, 0.3) is 10.9 Å². The average Bonchev–Trinajstić information content (AvgIpc) is 2.54. The van der Waals surface area contributed by atoms with Crippen LogP contribution in [0.3, 0.4) is 0 Å². The molecule has 5 heteroatoms. The minimum Gasteiger partial charge on any atom is -0.467 e. The minimum absolute atomic E-state index is 0.0103. The maximum atomic E-state index is 12.2. The molecule has 1 aromatic carbocycles. The zero-order valence-electron chi connectivity index (χ0n) is 13.7. The number of rotatable bonds is 4. The SMILES string of the molecule is Cc1nc(OCC(=O)N[C@@H]2CCCC[C@@H]2C)c2ccccc2n1. The zero-order chi connectivity index (χ0) is 16.2. The van der Waals surface area contributed by atoms with Gasteiger partial charge >= 0.3 is 0 Å². The molecule has 0 saturated heterocycles. The Morgan fingerprint density at radius 3 is 2.87 bits per heavy atom. The maximum Gasteiger partial charge on any atom is 0.258 e. The number of para-hydroxylation sites is 1. The highest BCUT2D eigenvalue weighted by molar-refractivity contribution is 5.84. The van der Waals surface area contributed by atoms with Crippen molar-refractivity contribution in [2.75, 3.05) is 6.61 Å². The highest BCUT2D eigenvalue weighted by atomic mass is 16.5. The van der Waals surface area contributed by atoms with Crippen molar-refractivity contribution >= 4 is 16.8 Å². The van der Waals surface area contributed by atoms with Crippen LogP contribution in [0.2, 0.25) is 0 Å². The van der Waals surface area contributed by atoms with Crippen LogP contribution < -0.4 is 10.1 Å². The van der Waals surface area contributed by atoms with E-state index in [1.165, 1.54) is 19.3 Å². The summed E-state index contributed by atoms with van der Waals surface area (Å²) in [5.74, 6) is 1.57. The Hall–Kier alpha value is -2.17. The maximum absolute atomic E-state index is 12.2. The van der Waals surface area contributed by atoms with Gasteiger partial charge in [0.2, 0.25) is 5.88 Å². The highest BCUT2D eigenvalue weighted by Crippen LogP contribution is 2.24. The number of ether oxygens (including phenoxy) is 1. The second-order valence-electron chi connectivity index (χ2n) is 6.32. The van der Waals surface area contributed by atoms with Gasteiger partial charge in [0.1, 0.15) is 5.82 Å². The lowest BCUT2D eigenvalue weighted by Crippen LogP contribution is -2.43. The van der Waals surface area contributed by atoms with Gasteiger partial charge in [0.05, 0.1) is 10.9 Å². The van der Waals surface area contributed by atoms with Gasteiger partial charge in [-0.1, -0.05) is 31.9 Å². The van der Waals surface area contributed by atoms with E-state index in [9.17, 15) is 4.79 Å². The number of carbonyl (C=O) groups is 1. The molecule has 0 unspecified atom stereocenters. The monoisotopic (exact) mass is 313 g/mol. The topological polar surface area (TPSA) is 64.1 Å². The molecule has 1 N–H and O–H groups in total. The summed E-state index contributed by atoms with van der Waals surface area (Å²) in [6, 6.07) is 7.93. The Balaban J connectivity index is 1.65. The molecule has 1 aliphatic rings. The lowest BCUT2D eigenvalue weighted by molar-refractivity contribution is -0.124. The third-order valence-electron chi connectivity index (χ3n) is 4.48. The fourth-order valence-corrected chi connectivity index (χ4v) is 3.18. The van der Waals surface area contributed by atoms with Crippen molar-refractivity contribution in [1.82, 2.24) is 15.3 Å². The van der Waals surface area contributed by atoms with Crippen LogP contribution in [-0.2, 0) is 4.79 Å². The molecule has 23 heavy (non-hydrogen) atoms. The Labute approximate surface area is 136 Å². The third-order valence-corrected chi connectivity index (χ3v) is 4.48. The molecule has 5 nitrogen and oxygen atoms in total. The summed E-state index contributed by atoms with van der Waals surface area (Å²) in [6.45, 7) is 4.01. The lowest BCUT2D eigenvalue weighted by Gasteiger charge is -2.29. The van der Waals surface area contributed by atoms with Gasteiger partial charge in [0.15, 0.2) is 6.61 Å². The molecule has 1 fully saturated rings. The second-order valence-corrected chi connectivity index (χ2v) is 6.32. The molecule has 1 aromatic heterocycles. The van der Waals surface area contributed by atoms with Crippen molar-refractivity contribution in [2.24, 2.45) is 5.92 Å². The summed E-state index contributed by atoms with van der Waals surface area (Å²) < 4.78 is 5.68. The van der Waals surface area contributed by atoms with Crippen molar-refractivity contribution in [3.8, 4) is 5.88 Å². The zero-order valence-corrected chi connectivity index (χ0v) is 13.7. The van der Waals surface area contributed by atoms with Crippen molar-refractivity contribution in [3.63, 3.8) is 0 Å². The molecule has 0 spiro atoms. The molecule has 0 bridgehead atoms. The number of aryl methyl sites for hydroxylation is 1. The van der Waals surface area contributed by atoms with Gasteiger partial charge in [0.25, 0.3) is 5.91 Å². The summed E-state index contributed by atoms with van der Waals surface area (Å²) in [7, 11) is 0. The first kappa shape index (κ1) is 15.7. The van der Waals surface area contributed by atoms with Crippen LogP contribution in [0.4, 0.5) is 0 Å². The van der Waals surface area contributed by atoms with E-state index >= 15 is 0 Å². The number of hydrogen-bond acceptors (Lipinski definition) is 4. The molecule has 0 radical (unpaired) electrons. The molecule has 1 saturated carbocycles. The van der Waals surface area contributed by atoms with Crippen LogP contribution in [0.1, 0.15) is 38.4 Å². The molecule has 1 amide bonds. The number of carbonyl (C=O) groups excluding carboxylic acids is 1. The van der Waals surface area contributed by atoms with E-state index in [1.54, 1.807) is 0 Å². The van der Waals surface area contributed by atoms with Gasteiger partial charge in [-0.3, -0.25) is 4.79 Å². The van der Waals surface area contributed by atoms with Crippen molar-refractivity contribution in [2.45, 2.75) is 45.6 Å². The number of nitrogens with one attached hydrogen (secondary N) is 1. The molecule has 2 atom stereocenters. The largest absolute Gasteiger partial charge is 0.467 e. The summed E-state index contributed by atoms with van der Waals surface area (Å²) in [5.41, 5.74) is 0.830. The highest BCUT2D eigenvalue weighted by Gasteiger charge is 2.23. The number of fused-ring (bicyclic) bond motifs is 1. The molecule has 3 rings (SSSR count). The van der Waals surface area contributed by atoms with Crippen LogP contribution in [-0.4, -0.2) is 28.5 Å². The number of aromatic nitrogens is 2. The number of hydrogen-bond donors (Lipinski definition) is 1. The molecule has 0 aliphatic heterocycles. The molecule has 1 aliphatic carbocycles. The normalized spacial score (nSPS) is 21.1. The van der Waals surface area contributed by atoms with Gasteiger partial charge in [0, 0.05) is 6.04 Å². The standard InChI is InChI=1S/C18H23N3O2/c1-12-7-3-5-9-15(12)21-17(22)11-23-18-14-8-4-6-10-16(14)19-13(2)20-18/h4,6,8,10,12,15H,3,5,7,9,11H2,1-2H3,(H,21,22)/t12-,15+/m0/s1. The van der Waals surface area contributed by atoms with E-state index in [1.807, 2.05) is 31.2 Å². The summed E-state index contributed by atoms with van der Waals surface area (Å²) in [4.78, 5) is 20.9. The van der Waals surface area contributed by atoms with Crippen LogP contribution in [0.5, 0.6) is 5.88 Å². The lowest BCUT2D eigenvalue weighted by atomic mass is 9.86. The number of amides is 1. The van der Waals surface area contributed by atoms with Crippen molar-refractivity contribution in [3.05, 3.63) is 30.1 Å². The number of nitrogens with zero attached hydrogens (tertiary/aromatic N) is 2. The second kappa shape index (κ2) is 6.94. The van der Waals surface area contributed by atoms with E-state index in [2.05, 4.69) is 22.2 Å². The summed E-state index contributed by atoms with van der Waals surface area (Å²) >= 11 is 0. The first-order valence-electron chi connectivity index (χ1n) is 8.29. The number of benzene rings is 1. The van der Waals surface area contributed by atoms with E-state index in [0.29, 0.717) is 17.6 Å². The minimum atomic E-state index is -0.0795. The van der Waals surface area contributed by atoms with E-state index in [4.69, 9.17) is 4.74 Å². The van der Waals surface area contributed by atoms with Gasteiger partial charge in [-0.2, -0.15) is 4.98 Å². The molecule has 122 valence electrons. The van der Waals surface area contributed by atoms with E-state index in [-0.39, 0.29) is 18.6 Å². The quantitative estimate of drug-likeness (QED) is 0.942. The van der Waals surface area contributed by atoms with Crippen molar-refractivity contribution in [1.29, 1.82) is 0 Å². The van der Waals surface area contributed by atoms with E-state index in [0.717, 1.165) is 17.3 Å². The van der Waals surface area contributed by atoms with Crippen LogP contribution in [0, 0.1) is 12.8 Å². The predicted octanol–water partition coefficient (Wildman–Crippen LogP) is 3.01. The van der Waals surface area contributed by atoms with Gasteiger partial charge < -0.3 is 10.1 Å². The summed E-state index contributed by atoms with van der Waals surface area (Å²) in [6.07, 6.45) is 4.69. The van der Waals surface area contributed by atoms with Gasteiger partial charge in [-0.25, -0.2) is 4.98 Å². The first-order valence-corrected chi connectivity index (χ1v) is 8.29. The van der Waals surface area contributed by atoms with Crippen LogP contribution >= 0.6 is 0 Å². The van der Waals surface area contributed by atoms with Gasteiger partial charge in [-0.15, -0.1) is 0 Å². The summed E-state index contributed by atoms with van der Waals surface area (Å²) in [5, 5.41) is 3.92. The third kappa shape index (κ3) is 3.78. The Kier molecular flexibility index (Phi) is 4.74. The average molecular weight is 313 g/mol. The molecular formula is C18H23N3O2. The van der Waals surface area contributed by atoms with E-state index < -0.39 is 0 Å². The molecular weight excluding hydrogens is 290 g/mol. The molecule has 2 aromatic rings. The first-order chi connectivity index (χ1) is 11.1. The predicted molar refractivity (Wildman–Crippen MR) is 89.3 cm³/mol.